The molecule has 39 heavy (non-hydrogen) atoms. The van der Waals surface area contributed by atoms with Crippen molar-refractivity contribution in [3.63, 3.8) is 0 Å². The number of ether oxygens (including phenoxy) is 6. The van der Waals surface area contributed by atoms with E-state index in [1.54, 1.807) is 13.0 Å². The van der Waals surface area contributed by atoms with Crippen LogP contribution in [0.5, 0.6) is 11.5 Å². The maximum atomic E-state index is 11.0. The first-order valence-corrected chi connectivity index (χ1v) is 12.9. The van der Waals surface area contributed by atoms with Crippen LogP contribution in [0.15, 0.2) is 18.2 Å². The summed E-state index contributed by atoms with van der Waals surface area (Å²) in [6, 6.07) is 4.35. The molecule has 3 aliphatic rings. The topological polar surface area (TPSA) is 217 Å². The Morgan fingerprint density at radius 3 is 2.41 bits per heavy atom. The summed E-state index contributed by atoms with van der Waals surface area (Å²) in [6.07, 6.45) is -10.1. The molecule has 0 amide bonds. The zero-order chi connectivity index (χ0) is 28.3. The molecule has 0 aliphatic carbocycles. The number of phenolic OH excluding ortho intramolecular Hbond substituents is 2. The minimum Gasteiger partial charge on any atom is -0.504 e. The highest BCUT2D eigenvalue weighted by molar-refractivity contribution is 5.40. The highest BCUT2D eigenvalue weighted by Crippen LogP contribution is 2.31. The average Bonchev–Trinajstić information content (AvgIpc) is 3.19. The van der Waals surface area contributed by atoms with E-state index in [1.165, 1.54) is 12.1 Å². The Morgan fingerprint density at radius 2 is 1.74 bits per heavy atom. The average molecular weight is 563 g/mol. The van der Waals surface area contributed by atoms with E-state index in [1.807, 2.05) is 0 Å². The molecule has 14 heteroatoms. The monoisotopic (exact) mass is 562 g/mol. The highest BCUT2D eigenvalue weighted by atomic mass is 16.7. The summed E-state index contributed by atoms with van der Waals surface area (Å²) in [5.74, 6) is -0.523. The molecule has 0 aromatic heterocycles. The van der Waals surface area contributed by atoms with E-state index in [0.717, 1.165) is 0 Å². The maximum absolute atomic E-state index is 11.0. The van der Waals surface area contributed by atoms with Crippen LogP contribution >= 0.6 is 0 Å². The number of phenols is 2. The molecule has 3 aliphatic heterocycles. The first-order valence-electron chi connectivity index (χ1n) is 12.9. The van der Waals surface area contributed by atoms with Gasteiger partial charge in [0, 0.05) is 12.8 Å². The van der Waals surface area contributed by atoms with Gasteiger partial charge in [0.2, 0.25) is 0 Å². The van der Waals surface area contributed by atoms with Crippen LogP contribution in [0.1, 0.15) is 25.3 Å². The molecule has 4 rings (SSSR count). The van der Waals surface area contributed by atoms with Gasteiger partial charge < -0.3 is 69.3 Å². The third kappa shape index (κ3) is 7.16. The van der Waals surface area contributed by atoms with Crippen LogP contribution < -0.4 is 0 Å². The summed E-state index contributed by atoms with van der Waals surface area (Å²) in [7, 11) is 0. The second kappa shape index (κ2) is 12.9. The SMILES string of the molecule is C[C@@H]1O[C@@H](O[C@H]2CC(CO[C@@H]3OC[C@](O)(CO)[C@H]3O)O[C@@H](OCCc3ccc(O)c(O)c3)[C@@H]2O)C[C@H](O)[C@H]1O. The van der Waals surface area contributed by atoms with Gasteiger partial charge in [-0.2, -0.15) is 0 Å². The molecule has 1 aromatic rings. The zero-order valence-corrected chi connectivity index (χ0v) is 21.5. The van der Waals surface area contributed by atoms with Crippen LogP contribution in [0, 0.1) is 0 Å². The van der Waals surface area contributed by atoms with Crippen molar-refractivity contribution in [3.8, 4) is 11.5 Å². The van der Waals surface area contributed by atoms with E-state index in [-0.39, 0.29) is 44.2 Å². The molecule has 0 spiro atoms. The lowest BCUT2D eigenvalue weighted by Crippen LogP contribution is -2.55. The van der Waals surface area contributed by atoms with Gasteiger partial charge in [-0.3, -0.25) is 0 Å². The van der Waals surface area contributed by atoms with Gasteiger partial charge in [-0.1, -0.05) is 6.07 Å². The predicted octanol–water partition coefficient (Wildman–Crippen LogP) is -2.17. The molecule has 3 saturated heterocycles. The van der Waals surface area contributed by atoms with Crippen LogP contribution in [0.3, 0.4) is 0 Å². The molecule has 3 heterocycles. The Hall–Kier alpha value is -1.66. The van der Waals surface area contributed by atoms with E-state index in [9.17, 15) is 40.9 Å². The third-order valence-corrected chi connectivity index (χ3v) is 7.22. The van der Waals surface area contributed by atoms with Gasteiger partial charge in [0.15, 0.2) is 30.4 Å². The molecule has 8 N–H and O–H groups in total. The normalized spacial score (nSPS) is 41.1. The Kier molecular flexibility index (Phi) is 10.0. The van der Waals surface area contributed by atoms with Crippen molar-refractivity contribution in [2.75, 3.05) is 26.4 Å². The summed E-state index contributed by atoms with van der Waals surface area (Å²) in [4.78, 5) is 0. The number of benzene rings is 1. The van der Waals surface area contributed by atoms with Gasteiger partial charge in [-0.05, 0) is 31.0 Å². The second-order valence-electron chi connectivity index (χ2n) is 10.3. The minimum absolute atomic E-state index is 0.0194. The van der Waals surface area contributed by atoms with Crippen LogP contribution in [0.25, 0.3) is 0 Å². The van der Waals surface area contributed by atoms with Gasteiger partial charge >= 0.3 is 0 Å². The summed E-state index contributed by atoms with van der Waals surface area (Å²) in [6.45, 7) is 0.473. The van der Waals surface area contributed by atoms with E-state index in [4.69, 9.17) is 28.4 Å². The van der Waals surface area contributed by atoms with Crippen molar-refractivity contribution < 1.29 is 69.3 Å². The van der Waals surface area contributed by atoms with Crippen LogP contribution in [-0.4, -0.2) is 134 Å². The van der Waals surface area contributed by atoms with Crippen molar-refractivity contribution in [3.05, 3.63) is 23.8 Å². The van der Waals surface area contributed by atoms with Gasteiger partial charge in [0.25, 0.3) is 0 Å². The molecule has 11 atom stereocenters. The maximum Gasteiger partial charge on any atom is 0.186 e. The molecular weight excluding hydrogens is 524 g/mol. The third-order valence-electron chi connectivity index (χ3n) is 7.22. The minimum atomic E-state index is -1.85. The number of hydrogen-bond acceptors (Lipinski definition) is 14. The van der Waals surface area contributed by atoms with E-state index in [0.29, 0.717) is 12.0 Å². The summed E-state index contributed by atoms with van der Waals surface area (Å²) >= 11 is 0. The van der Waals surface area contributed by atoms with Crippen LogP contribution in [-0.2, 0) is 34.8 Å². The van der Waals surface area contributed by atoms with Crippen LogP contribution in [0.2, 0.25) is 0 Å². The van der Waals surface area contributed by atoms with Gasteiger partial charge in [-0.15, -0.1) is 0 Å². The summed E-state index contributed by atoms with van der Waals surface area (Å²) in [5, 5.41) is 80.0. The van der Waals surface area contributed by atoms with Gasteiger partial charge in [0.05, 0.1) is 50.8 Å². The zero-order valence-electron chi connectivity index (χ0n) is 21.5. The van der Waals surface area contributed by atoms with E-state index >= 15 is 0 Å². The lowest BCUT2D eigenvalue weighted by molar-refractivity contribution is -0.321. The second-order valence-corrected chi connectivity index (χ2v) is 10.3. The highest BCUT2D eigenvalue weighted by Gasteiger charge is 2.49. The van der Waals surface area contributed by atoms with Crippen molar-refractivity contribution in [1.82, 2.24) is 0 Å². The molecular formula is C25H38O14. The molecule has 0 bridgehead atoms. The molecule has 3 fully saturated rings. The van der Waals surface area contributed by atoms with Crippen molar-refractivity contribution in [1.29, 1.82) is 0 Å². The fraction of sp³-hybridized carbons (Fsp3) is 0.760. The van der Waals surface area contributed by atoms with Crippen molar-refractivity contribution in [2.45, 2.75) is 93.4 Å². The first kappa shape index (κ1) is 30.3. The fourth-order valence-corrected chi connectivity index (χ4v) is 4.74. The van der Waals surface area contributed by atoms with E-state index < -0.39 is 73.8 Å². The molecule has 14 nitrogen and oxygen atoms in total. The lowest BCUT2D eigenvalue weighted by atomic mass is 10.00. The molecule has 222 valence electrons. The smallest absolute Gasteiger partial charge is 0.186 e. The van der Waals surface area contributed by atoms with Crippen molar-refractivity contribution in [2.24, 2.45) is 0 Å². The molecule has 1 unspecified atom stereocenters. The Balaban J connectivity index is 1.39. The van der Waals surface area contributed by atoms with Gasteiger partial charge in [0.1, 0.15) is 23.9 Å². The number of hydrogen-bond donors (Lipinski definition) is 8. The summed E-state index contributed by atoms with van der Waals surface area (Å²) < 4.78 is 34.1. The number of rotatable bonds is 10. The predicted molar refractivity (Wildman–Crippen MR) is 128 cm³/mol. The Bertz CT molecular complexity index is 922. The first-order chi connectivity index (χ1) is 18.5. The summed E-state index contributed by atoms with van der Waals surface area (Å²) in [5.41, 5.74) is -1.18. The Morgan fingerprint density at radius 1 is 0.974 bits per heavy atom. The number of aliphatic hydroxyl groups is 6. The largest absolute Gasteiger partial charge is 0.504 e. The Labute approximate surface area is 224 Å². The number of aliphatic hydroxyl groups excluding tert-OH is 5. The molecule has 0 radical (unpaired) electrons. The lowest BCUT2D eigenvalue weighted by Gasteiger charge is -2.42. The van der Waals surface area contributed by atoms with Crippen LogP contribution in [0.4, 0.5) is 0 Å². The molecule has 1 aromatic carbocycles. The fourth-order valence-electron chi connectivity index (χ4n) is 4.74. The van der Waals surface area contributed by atoms with Crippen molar-refractivity contribution >= 4 is 0 Å². The molecule has 0 saturated carbocycles. The standard InChI is InChI=1S/C25H38O14/c1-12-20(30)17(29)8-19(37-12)39-18-7-14(9-35-24-22(32)25(33,10-26)11-36-24)38-23(21(18)31)34-5-4-13-2-3-15(27)16(28)6-13/h2-3,6,12,14,17-24,26-33H,4-5,7-11H2,1H3/t12-,14?,17-,18-,19-,20-,21+,22-,23+,24+,25+/m0/s1. The van der Waals surface area contributed by atoms with E-state index in [2.05, 4.69) is 0 Å². The van der Waals surface area contributed by atoms with Gasteiger partial charge in [-0.25, -0.2) is 0 Å². The number of aromatic hydroxyl groups is 2. The quantitative estimate of drug-likeness (QED) is 0.142.